The molecule has 98 valence electrons. The first-order valence-corrected chi connectivity index (χ1v) is 6.38. The van der Waals surface area contributed by atoms with E-state index in [-0.39, 0.29) is 12.4 Å². The van der Waals surface area contributed by atoms with Gasteiger partial charge in [-0.3, -0.25) is 4.90 Å². The Labute approximate surface area is 121 Å². The number of nitrogens with zero attached hydrogens (tertiary/aromatic N) is 1. The summed E-state index contributed by atoms with van der Waals surface area (Å²) in [6.07, 6.45) is 1.98. The van der Waals surface area contributed by atoms with Crippen LogP contribution in [-0.2, 0) is 13.1 Å². The Morgan fingerprint density at radius 2 is 1.37 bits per heavy atom. The first-order chi connectivity index (χ1) is 8.88. The maximum atomic E-state index is 3.86. The summed E-state index contributed by atoms with van der Waals surface area (Å²) in [5.41, 5.74) is 5.56. The maximum Gasteiger partial charge on any atom is 0.0246 e. The first kappa shape index (κ1) is 13.9. The minimum atomic E-state index is 0. The van der Waals surface area contributed by atoms with Crippen molar-refractivity contribution in [1.82, 2.24) is 4.90 Å². The molecule has 0 spiro atoms. The largest absolute Gasteiger partial charge is 0.291 e. The SMILES string of the molecule is C=CCN1Cc2ccccc2-c2ccccc2C1.Cl. The highest BCUT2D eigenvalue weighted by Gasteiger charge is 2.17. The molecular formula is C17H18ClN. The second kappa shape index (κ2) is 6.05. The standard InChI is InChI=1S/C17H17N.ClH/c1-2-11-18-12-14-7-3-5-9-16(14)17-10-6-4-8-15(17)13-18;/h2-10H,1,11-13H2;1H. The van der Waals surface area contributed by atoms with Crippen molar-refractivity contribution >= 4 is 12.4 Å². The van der Waals surface area contributed by atoms with Gasteiger partial charge in [0.2, 0.25) is 0 Å². The van der Waals surface area contributed by atoms with Crippen molar-refractivity contribution in [2.75, 3.05) is 6.54 Å². The molecule has 0 saturated carbocycles. The second-order valence-corrected chi connectivity index (χ2v) is 4.77. The van der Waals surface area contributed by atoms with Crippen LogP contribution in [0.25, 0.3) is 11.1 Å². The molecule has 3 rings (SSSR count). The molecule has 0 amide bonds. The Balaban J connectivity index is 0.00000133. The molecule has 0 aromatic heterocycles. The van der Waals surface area contributed by atoms with Gasteiger partial charge in [0.25, 0.3) is 0 Å². The lowest BCUT2D eigenvalue weighted by Crippen LogP contribution is -2.21. The van der Waals surface area contributed by atoms with Crippen molar-refractivity contribution in [1.29, 1.82) is 0 Å². The van der Waals surface area contributed by atoms with E-state index in [0.29, 0.717) is 0 Å². The lowest BCUT2D eigenvalue weighted by atomic mass is 9.97. The number of halogens is 1. The van der Waals surface area contributed by atoms with Gasteiger partial charge in [0.1, 0.15) is 0 Å². The summed E-state index contributed by atoms with van der Waals surface area (Å²) < 4.78 is 0. The average molecular weight is 272 g/mol. The number of hydrogen-bond acceptors (Lipinski definition) is 1. The van der Waals surface area contributed by atoms with Gasteiger partial charge in [-0.2, -0.15) is 0 Å². The fourth-order valence-corrected chi connectivity index (χ4v) is 2.69. The van der Waals surface area contributed by atoms with Crippen LogP contribution in [0.15, 0.2) is 61.2 Å². The molecule has 0 bridgehead atoms. The van der Waals surface area contributed by atoms with Gasteiger partial charge in [-0.25, -0.2) is 0 Å². The molecule has 0 saturated heterocycles. The molecule has 1 aliphatic rings. The monoisotopic (exact) mass is 271 g/mol. The molecule has 1 heterocycles. The van der Waals surface area contributed by atoms with E-state index in [1.165, 1.54) is 22.3 Å². The molecule has 1 aliphatic heterocycles. The van der Waals surface area contributed by atoms with Crippen LogP contribution < -0.4 is 0 Å². The van der Waals surface area contributed by atoms with E-state index in [9.17, 15) is 0 Å². The average Bonchev–Trinajstić information content (AvgIpc) is 2.55. The third kappa shape index (κ3) is 2.73. The zero-order chi connectivity index (χ0) is 12.4. The summed E-state index contributed by atoms with van der Waals surface area (Å²) in [5, 5.41) is 0. The number of hydrogen-bond donors (Lipinski definition) is 0. The second-order valence-electron chi connectivity index (χ2n) is 4.77. The Morgan fingerprint density at radius 1 is 0.895 bits per heavy atom. The Bertz CT molecular complexity index is 529. The Morgan fingerprint density at radius 3 is 1.84 bits per heavy atom. The van der Waals surface area contributed by atoms with E-state index < -0.39 is 0 Å². The van der Waals surface area contributed by atoms with E-state index in [1.54, 1.807) is 0 Å². The summed E-state index contributed by atoms with van der Waals surface area (Å²) in [7, 11) is 0. The molecule has 0 radical (unpaired) electrons. The van der Waals surface area contributed by atoms with Gasteiger partial charge in [-0.1, -0.05) is 54.6 Å². The summed E-state index contributed by atoms with van der Waals surface area (Å²) in [4.78, 5) is 2.43. The zero-order valence-electron chi connectivity index (χ0n) is 10.9. The minimum absolute atomic E-state index is 0. The molecule has 0 fully saturated rings. The molecule has 0 unspecified atom stereocenters. The van der Waals surface area contributed by atoms with E-state index in [4.69, 9.17) is 0 Å². The van der Waals surface area contributed by atoms with Crippen LogP contribution in [-0.4, -0.2) is 11.4 Å². The van der Waals surface area contributed by atoms with Gasteiger partial charge in [0.15, 0.2) is 0 Å². The maximum absolute atomic E-state index is 3.86. The van der Waals surface area contributed by atoms with E-state index in [0.717, 1.165) is 19.6 Å². The third-order valence-electron chi connectivity index (χ3n) is 3.50. The van der Waals surface area contributed by atoms with Crippen molar-refractivity contribution in [3.05, 3.63) is 72.3 Å². The fourth-order valence-electron chi connectivity index (χ4n) is 2.69. The molecule has 19 heavy (non-hydrogen) atoms. The van der Waals surface area contributed by atoms with Gasteiger partial charge >= 0.3 is 0 Å². The Hall–Kier alpha value is -1.57. The lowest BCUT2D eigenvalue weighted by Gasteiger charge is -2.18. The molecule has 2 aromatic carbocycles. The number of rotatable bonds is 2. The third-order valence-corrected chi connectivity index (χ3v) is 3.50. The molecular weight excluding hydrogens is 254 g/mol. The first-order valence-electron chi connectivity index (χ1n) is 6.38. The summed E-state index contributed by atoms with van der Waals surface area (Å²) in [5.74, 6) is 0. The van der Waals surface area contributed by atoms with Crippen LogP contribution >= 0.6 is 12.4 Å². The van der Waals surface area contributed by atoms with Crippen molar-refractivity contribution < 1.29 is 0 Å². The van der Waals surface area contributed by atoms with Crippen molar-refractivity contribution in [3.63, 3.8) is 0 Å². The summed E-state index contributed by atoms with van der Waals surface area (Å²) in [6.45, 7) is 6.78. The smallest absolute Gasteiger partial charge is 0.0246 e. The van der Waals surface area contributed by atoms with Crippen LogP contribution in [0.1, 0.15) is 11.1 Å². The lowest BCUT2D eigenvalue weighted by molar-refractivity contribution is 0.289. The van der Waals surface area contributed by atoms with Gasteiger partial charge in [0, 0.05) is 19.6 Å². The minimum Gasteiger partial charge on any atom is -0.291 e. The summed E-state index contributed by atoms with van der Waals surface area (Å²) >= 11 is 0. The predicted molar refractivity (Wildman–Crippen MR) is 83.4 cm³/mol. The quantitative estimate of drug-likeness (QED) is 0.737. The Kier molecular flexibility index (Phi) is 4.41. The van der Waals surface area contributed by atoms with Crippen LogP contribution in [0.5, 0.6) is 0 Å². The molecule has 0 N–H and O–H groups in total. The molecule has 0 atom stereocenters. The van der Waals surface area contributed by atoms with Gasteiger partial charge in [-0.05, 0) is 22.3 Å². The number of benzene rings is 2. The van der Waals surface area contributed by atoms with Crippen LogP contribution in [0.4, 0.5) is 0 Å². The van der Waals surface area contributed by atoms with Crippen molar-refractivity contribution in [3.8, 4) is 11.1 Å². The predicted octanol–water partition coefficient (Wildman–Crippen LogP) is 4.28. The zero-order valence-corrected chi connectivity index (χ0v) is 11.7. The van der Waals surface area contributed by atoms with Crippen LogP contribution in [0.3, 0.4) is 0 Å². The molecule has 1 nitrogen and oxygen atoms in total. The van der Waals surface area contributed by atoms with E-state index in [2.05, 4.69) is 60.0 Å². The normalized spacial score (nSPS) is 13.7. The van der Waals surface area contributed by atoms with E-state index in [1.807, 2.05) is 6.08 Å². The highest BCUT2D eigenvalue weighted by Crippen LogP contribution is 2.32. The fraction of sp³-hybridized carbons (Fsp3) is 0.176. The number of fused-ring (bicyclic) bond motifs is 3. The van der Waals surface area contributed by atoms with Crippen molar-refractivity contribution in [2.45, 2.75) is 13.1 Å². The van der Waals surface area contributed by atoms with Crippen molar-refractivity contribution in [2.24, 2.45) is 0 Å². The molecule has 0 aliphatic carbocycles. The van der Waals surface area contributed by atoms with Crippen LogP contribution in [0.2, 0.25) is 0 Å². The van der Waals surface area contributed by atoms with E-state index >= 15 is 0 Å². The molecule has 2 aromatic rings. The van der Waals surface area contributed by atoms with Crippen LogP contribution in [0, 0.1) is 0 Å². The topological polar surface area (TPSA) is 3.24 Å². The molecule has 2 heteroatoms. The van der Waals surface area contributed by atoms with Gasteiger partial charge < -0.3 is 0 Å². The van der Waals surface area contributed by atoms with Gasteiger partial charge in [0.05, 0.1) is 0 Å². The highest BCUT2D eigenvalue weighted by atomic mass is 35.5. The van der Waals surface area contributed by atoms with Gasteiger partial charge in [-0.15, -0.1) is 19.0 Å². The highest BCUT2D eigenvalue weighted by molar-refractivity contribution is 5.85. The summed E-state index contributed by atoms with van der Waals surface area (Å²) in [6, 6.07) is 17.4.